The maximum atomic E-state index is 12.7. The summed E-state index contributed by atoms with van der Waals surface area (Å²) in [5.74, 6) is -0.602. The van der Waals surface area contributed by atoms with Crippen LogP contribution >= 0.6 is 0 Å². The molecule has 1 aliphatic heterocycles. The first kappa shape index (κ1) is 33.0. The van der Waals surface area contributed by atoms with E-state index in [4.69, 9.17) is 21.6 Å². The maximum Gasteiger partial charge on any atom is 0.319 e. The molecule has 4 atom stereocenters. The molecule has 6 heteroatoms. The van der Waals surface area contributed by atoms with Gasteiger partial charge >= 0.3 is 11.9 Å². The fourth-order valence-corrected chi connectivity index (χ4v) is 5.13. The monoisotopic (exact) mass is 519 g/mol. The average Bonchev–Trinajstić information content (AvgIpc) is 2.84. The van der Waals surface area contributed by atoms with E-state index in [1.54, 1.807) is 13.8 Å². The van der Waals surface area contributed by atoms with Crippen LogP contribution in [0.2, 0.25) is 0 Å². The van der Waals surface area contributed by atoms with Gasteiger partial charge in [0.1, 0.15) is 24.0 Å². The average molecular weight is 520 g/mol. The Kier molecular flexibility index (Phi) is 17.8. The van der Waals surface area contributed by atoms with Crippen molar-refractivity contribution < 1.29 is 23.9 Å². The van der Waals surface area contributed by atoms with Gasteiger partial charge in [-0.25, -0.2) is 0 Å². The van der Waals surface area contributed by atoms with Crippen molar-refractivity contribution in [1.82, 2.24) is 0 Å². The second-order valence-corrected chi connectivity index (χ2v) is 11.1. The Morgan fingerprint density at radius 1 is 0.919 bits per heavy atom. The summed E-state index contributed by atoms with van der Waals surface area (Å²) in [6.07, 6.45) is 25.3. The Morgan fingerprint density at radius 2 is 1.41 bits per heavy atom. The Morgan fingerprint density at radius 3 is 1.81 bits per heavy atom. The molecule has 0 aliphatic carbocycles. The fourth-order valence-electron chi connectivity index (χ4n) is 5.13. The number of primary amides is 1. The molecule has 1 amide bonds. The van der Waals surface area contributed by atoms with Crippen molar-refractivity contribution in [2.45, 2.75) is 149 Å². The zero-order valence-corrected chi connectivity index (χ0v) is 23.8. The van der Waals surface area contributed by atoms with Gasteiger partial charge in [0, 0.05) is 12.8 Å². The van der Waals surface area contributed by atoms with Crippen molar-refractivity contribution in [3.63, 3.8) is 0 Å². The van der Waals surface area contributed by atoms with E-state index in [-0.39, 0.29) is 23.9 Å². The van der Waals surface area contributed by atoms with Crippen LogP contribution in [-0.4, -0.2) is 30.1 Å². The zero-order chi connectivity index (χ0) is 27.5. The number of amides is 1. The number of cyclic esters (lactones) is 1. The van der Waals surface area contributed by atoms with E-state index in [2.05, 4.69) is 12.8 Å². The van der Waals surface area contributed by atoms with Gasteiger partial charge in [0.25, 0.3) is 0 Å². The van der Waals surface area contributed by atoms with Crippen LogP contribution in [-0.2, 0) is 23.9 Å². The lowest BCUT2D eigenvalue weighted by molar-refractivity contribution is -0.189. The van der Waals surface area contributed by atoms with Crippen LogP contribution in [0.25, 0.3) is 0 Å². The lowest BCUT2D eigenvalue weighted by Gasteiger charge is -2.36. The summed E-state index contributed by atoms with van der Waals surface area (Å²) in [5, 5.41) is 0. The number of esters is 2. The molecule has 1 saturated heterocycles. The van der Waals surface area contributed by atoms with E-state index >= 15 is 0 Å². The van der Waals surface area contributed by atoms with E-state index in [0.29, 0.717) is 19.3 Å². The predicted molar refractivity (Wildman–Crippen MR) is 148 cm³/mol. The molecule has 2 N–H and O–H groups in total. The summed E-state index contributed by atoms with van der Waals surface area (Å²) in [5.41, 5.74) is 5.44. The van der Waals surface area contributed by atoms with E-state index in [0.717, 1.165) is 19.3 Å². The molecule has 37 heavy (non-hydrogen) atoms. The molecule has 0 aromatic carbocycles. The van der Waals surface area contributed by atoms with Crippen molar-refractivity contribution >= 4 is 17.8 Å². The summed E-state index contributed by atoms with van der Waals surface area (Å²) in [6, 6.07) is 0. The van der Waals surface area contributed by atoms with Gasteiger partial charge in [-0.1, -0.05) is 111 Å². The van der Waals surface area contributed by atoms with Crippen molar-refractivity contribution in [2.75, 3.05) is 0 Å². The molecule has 1 aliphatic rings. The predicted octanol–water partition coefficient (Wildman–Crippen LogP) is 6.87. The van der Waals surface area contributed by atoms with Crippen LogP contribution in [0, 0.1) is 30.1 Å². The second-order valence-electron chi connectivity index (χ2n) is 11.1. The molecule has 0 saturated carbocycles. The molecule has 0 aromatic heterocycles. The molecule has 0 bridgehead atoms. The third-order valence-corrected chi connectivity index (χ3v) is 7.49. The number of carbonyl (C=O) groups excluding carboxylic acids is 3. The number of hydrogen-bond acceptors (Lipinski definition) is 5. The largest absolute Gasteiger partial charge is 0.462 e. The van der Waals surface area contributed by atoms with Gasteiger partial charge in [0.15, 0.2) is 0 Å². The maximum absolute atomic E-state index is 12.7. The van der Waals surface area contributed by atoms with Crippen LogP contribution in [0.5, 0.6) is 0 Å². The van der Waals surface area contributed by atoms with Gasteiger partial charge in [-0.15, -0.1) is 12.3 Å². The molecule has 0 spiro atoms. The molecule has 1 heterocycles. The molecule has 6 nitrogen and oxygen atoms in total. The van der Waals surface area contributed by atoms with E-state index in [9.17, 15) is 14.4 Å². The van der Waals surface area contributed by atoms with Crippen LogP contribution in [0.1, 0.15) is 136 Å². The number of carbonyl (C=O) groups is 3. The third-order valence-electron chi connectivity index (χ3n) is 7.49. The second kappa shape index (κ2) is 20.0. The highest BCUT2D eigenvalue weighted by Crippen LogP contribution is 2.31. The van der Waals surface area contributed by atoms with Gasteiger partial charge in [0.2, 0.25) is 5.91 Å². The molecule has 0 aromatic rings. The van der Waals surface area contributed by atoms with Crippen LogP contribution < -0.4 is 5.73 Å². The molecule has 0 radical (unpaired) electrons. The van der Waals surface area contributed by atoms with Gasteiger partial charge < -0.3 is 15.2 Å². The topological polar surface area (TPSA) is 95.7 Å². The molecular formula is C31H53NO5. The first-order valence-electron chi connectivity index (χ1n) is 15.0. The Bertz CT molecular complexity index is 698. The van der Waals surface area contributed by atoms with Gasteiger partial charge in [-0.3, -0.25) is 14.4 Å². The normalized spacial score (nSPS) is 18.5. The van der Waals surface area contributed by atoms with E-state index < -0.39 is 23.9 Å². The fraction of sp³-hybridized carbons (Fsp3) is 0.839. The molecule has 212 valence electrons. The van der Waals surface area contributed by atoms with Gasteiger partial charge in [-0.2, -0.15) is 0 Å². The number of terminal acetylenes is 1. The number of nitrogens with two attached hydrogens (primary N) is 1. The van der Waals surface area contributed by atoms with Crippen molar-refractivity contribution in [3.05, 3.63) is 0 Å². The number of unbranched alkanes of at least 4 members (excludes halogenated alkanes) is 14. The number of hydrogen-bond donors (Lipinski definition) is 1. The van der Waals surface area contributed by atoms with Crippen LogP contribution in [0.4, 0.5) is 0 Å². The van der Waals surface area contributed by atoms with Crippen molar-refractivity contribution in [1.29, 1.82) is 0 Å². The van der Waals surface area contributed by atoms with Gasteiger partial charge in [-0.05, 0) is 18.8 Å². The number of ether oxygens (including phenoxy) is 2. The molecule has 1 fully saturated rings. The minimum absolute atomic E-state index is 0.243. The third kappa shape index (κ3) is 13.9. The summed E-state index contributed by atoms with van der Waals surface area (Å²) < 4.78 is 11.0. The standard InChI is InChI=1S/C31H53NO5/c1-5-7-8-9-10-11-12-13-14-15-16-17-18-19-20-22-25(23-27-26(21-6-2)30(34)37-27)36-31(35)28(24(3)4)29(32)33/h2,24-28H,5,7-23H2,1,3-4H3,(H2,32,33)/t25-,26+,27+,28-/m0/s1. The summed E-state index contributed by atoms with van der Waals surface area (Å²) in [6.45, 7) is 5.81. The Hall–Kier alpha value is -2.03. The highest BCUT2D eigenvalue weighted by molar-refractivity contribution is 5.97. The summed E-state index contributed by atoms with van der Waals surface area (Å²) in [7, 11) is 0. The summed E-state index contributed by atoms with van der Waals surface area (Å²) in [4.78, 5) is 36.2. The zero-order valence-electron chi connectivity index (χ0n) is 23.8. The SMILES string of the molecule is C#CC[C@H]1C(=O)O[C@@H]1C[C@H](CCCCCCCCCCCCCCCCC)OC(=O)[C@H](C(N)=O)C(C)C. The number of rotatable bonds is 23. The van der Waals surface area contributed by atoms with Crippen LogP contribution in [0.15, 0.2) is 0 Å². The minimum atomic E-state index is -0.978. The smallest absolute Gasteiger partial charge is 0.319 e. The summed E-state index contributed by atoms with van der Waals surface area (Å²) >= 11 is 0. The Balaban J connectivity index is 2.30. The Labute approximate surface area is 226 Å². The molecule has 0 unspecified atom stereocenters. The first-order chi connectivity index (χ1) is 17.8. The highest BCUT2D eigenvalue weighted by atomic mass is 16.6. The van der Waals surface area contributed by atoms with Crippen molar-refractivity contribution in [2.24, 2.45) is 23.5 Å². The van der Waals surface area contributed by atoms with Gasteiger partial charge in [0.05, 0.1) is 0 Å². The van der Waals surface area contributed by atoms with E-state index in [1.165, 1.54) is 77.0 Å². The first-order valence-corrected chi connectivity index (χ1v) is 15.0. The lowest BCUT2D eigenvalue weighted by atomic mass is 9.88. The van der Waals surface area contributed by atoms with E-state index in [1.807, 2.05) is 0 Å². The van der Waals surface area contributed by atoms with Crippen LogP contribution in [0.3, 0.4) is 0 Å². The lowest BCUT2D eigenvalue weighted by Crippen LogP contribution is -2.47. The molecular weight excluding hydrogens is 466 g/mol. The molecule has 1 rings (SSSR count). The van der Waals surface area contributed by atoms with Crippen molar-refractivity contribution in [3.8, 4) is 12.3 Å². The highest BCUT2D eigenvalue weighted by Gasteiger charge is 2.43. The minimum Gasteiger partial charge on any atom is -0.462 e. The quantitative estimate of drug-likeness (QED) is 0.0687.